The molecule has 1 aromatic rings. The average Bonchev–Trinajstić information content (AvgIpc) is 3.09. The van der Waals surface area contributed by atoms with Crippen LogP contribution in [0, 0.1) is 5.92 Å². The third-order valence-corrected chi connectivity index (χ3v) is 3.53. The molecular formula is C10H14ClN3. The van der Waals surface area contributed by atoms with Gasteiger partial charge in [-0.25, -0.2) is 4.68 Å². The third kappa shape index (κ3) is 1.26. The molecule has 0 aromatic carbocycles. The zero-order valence-electron chi connectivity index (χ0n) is 8.28. The number of halogens is 1. The third-order valence-electron chi connectivity index (χ3n) is 3.28. The highest BCUT2D eigenvalue weighted by atomic mass is 35.5. The Morgan fingerprint density at radius 3 is 2.71 bits per heavy atom. The van der Waals surface area contributed by atoms with E-state index in [0.717, 1.165) is 11.6 Å². The van der Waals surface area contributed by atoms with Gasteiger partial charge in [0.25, 0.3) is 0 Å². The minimum Gasteiger partial charge on any atom is -0.245 e. The van der Waals surface area contributed by atoms with Gasteiger partial charge in [-0.15, -0.1) is 16.7 Å². The van der Waals surface area contributed by atoms with Gasteiger partial charge in [0.05, 0.1) is 17.6 Å². The molecule has 3 rings (SSSR count). The van der Waals surface area contributed by atoms with Crippen LogP contribution in [0.15, 0.2) is 0 Å². The van der Waals surface area contributed by atoms with Crippen LogP contribution in [0.2, 0.25) is 0 Å². The number of nitrogens with zero attached hydrogens (tertiary/aromatic N) is 3. The second-order valence-corrected chi connectivity index (χ2v) is 4.82. The van der Waals surface area contributed by atoms with Crippen LogP contribution in [-0.2, 0) is 5.88 Å². The maximum Gasteiger partial charge on any atom is 0.101 e. The Bertz CT molecular complexity index is 356. The minimum absolute atomic E-state index is 0.507. The Balaban J connectivity index is 1.97. The Morgan fingerprint density at radius 1 is 1.50 bits per heavy atom. The largest absolute Gasteiger partial charge is 0.245 e. The van der Waals surface area contributed by atoms with Gasteiger partial charge in [-0.05, 0) is 25.2 Å². The molecule has 4 heteroatoms. The molecule has 2 saturated carbocycles. The maximum absolute atomic E-state index is 5.86. The molecule has 14 heavy (non-hydrogen) atoms. The lowest BCUT2D eigenvalue weighted by Crippen LogP contribution is -2.03. The second-order valence-electron chi connectivity index (χ2n) is 4.55. The molecule has 2 aliphatic rings. The van der Waals surface area contributed by atoms with E-state index >= 15 is 0 Å². The zero-order valence-corrected chi connectivity index (χ0v) is 9.04. The number of hydrogen-bond acceptors (Lipinski definition) is 2. The van der Waals surface area contributed by atoms with Gasteiger partial charge in [0.15, 0.2) is 0 Å². The summed E-state index contributed by atoms with van der Waals surface area (Å²) in [6.45, 7) is 2.27. The van der Waals surface area contributed by atoms with Crippen LogP contribution in [0.25, 0.3) is 0 Å². The molecule has 3 nitrogen and oxygen atoms in total. The smallest absolute Gasteiger partial charge is 0.101 e. The van der Waals surface area contributed by atoms with Crippen LogP contribution >= 0.6 is 11.6 Å². The quantitative estimate of drug-likeness (QED) is 0.720. The maximum atomic E-state index is 5.86. The van der Waals surface area contributed by atoms with Gasteiger partial charge in [0.1, 0.15) is 5.69 Å². The Morgan fingerprint density at radius 2 is 2.21 bits per heavy atom. The molecule has 0 N–H and O–H groups in total. The van der Waals surface area contributed by atoms with Crippen molar-refractivity contribution in [1.29, 1.82) is 0 Å². The van der Waals surface area contributed by atoms with Crippen molar-refractivity contribution in [2.24, 2.45) is 5.92 Å². The fourth-order valence-electron chi connectivity index (χ4n) is 2.10. The Hall–Kier alpha value is -0.570. The normalized spacial score (nSPS) is 30.7. The van der Waals surface area contributed by atoms with Crippen molar-refractivity contribution >= 4 is 11.6 Å². The monoisotopic (exact) mass is 211 g/mol. The first kappa shape index (κ1) is 8.72. The van der Waals surface area contributed by atoms with E-state index < -0.39 is 0 Å². The highest BCUT2D eigenvalue weighted by Crippen LogP contribution is 2.48. The fraction of sp³-hybridized carbons (Fsp3) is 0.800. The number of hydrogen-bond donors (Lipinski definition) is 0. The zero-order chi connectivity index (χ0) is 9.71. The van der Waals surface area contributed by atoms with Crippen LogP contribution in [0.1, 0.15) is 49.5 Å². The van der Waals surface area contributed by atoms with Gasteiger partial charge in [-0.3, -0.25) is 0 Å². The summed E-state index contributed by atoms with van der Waals surface area (Å²) >= 11 is 5.86. The summed E-state index contributed by atoms with van der Waals surface area (Å²) in [6.07, 6.45) is 3.83. The van der Waals surface area contributed by atoms with Crippen LogP contribution in [0.4, 0.5) is 0 Å². The average molecular weight is 212 g/mol. The molecule has 1 heterocycles. The molecule has 0 spiro atoms. The van der Waals surface area contributed by atoms with Gasteiger partial charge < -0.3 is 0 Å². The molecule has 2 unspecified atom stereocenters. The van der Waals surface area contributed by atoms with Crippen molar-refractivity contribution in [3.63, 3.8) is 0 Å². The summed E-state index contributed by atoms with van der Waals surface area (Å²) in [6, 6.07) is 0.607. The lowest BCUT2D eigenvalue weighted by atomic mass is 10.2. The van der Waals surface area contributed by atoms with Gasteiger partial charge in [-0.1, -0.05) is 12.1 Å². The molecule has 76 valence electrons. The van der Waals surface area contributed by atoms with E-state index in [-0.39, 0.29) is 0 Å². The summed E-state index contributed by atoms with van der Waals surface area (Å²) in [5.41, 5.74) is 2.34. The van der Waals surface area contributed by atoms with E-state index in [1.54, 1.807) is 0 Å². The van der Waals surface area contributed by atoms with E-state index in [0.29, 0.717) is 17.8 Å². The van der Waals surface area contributed by atoms with E-state index in [2.05, 4.69) is 21.9 Å². The minimum atomic E-state index is 0.507. The van der Waals surface area contributed by atoms with Gasteiger partial charge >= 0.3 is 0 Å². The summed E-state index contributed by atoms with van der Waals surface area (Å²) in [7, 11) is 0. The van der Waals surface area contributed by atoms with Crippen molar-refractivity contribution in [3.8, 4) is 0 Å². The van der Waals surface area contributed by atoms with Crippen LogP contribution in [0.5, 0.6) is 0 Å². The van der Waals surface area contributed by atoms with E-state index in [9.17, 15) is 0 Å². The van der Waals surface area contributed by atoms with Crippen molar-refractivity contribution < 1.29 is 0 Å². The first-order valence-corrected chi connectivity index (χ1v) is 5.84. The number of aromatic nitrogens is 3. The predicted octanol–water partition coefficient (Wildman–Crippen LogP) is 2.48. The molecule has 1 aromatic heterocycles. The molecule has 2 aliphatic carbocycles. The predicted molar refractivity (Wildman–Crippen MR) is 54.4 cm³/mol. The van der Waals surface area contributed by atoms with Gasteiger partial charge in [-0.2, -0.15) is 0 Å². The van der Waals surface area contributed by atoms with E-state index in [1.165, 1.54) is 25.0 Å². The fourth-order valence-corrected chi connectivity index (χ4v) is 2.29. The van der Waals surface area contributed by atoms with Crippen molar-refractivity contribution in [1.82, 2.24) is 15.0 Å². The van der Waals surface area contributed by atoms with Crippen molar-refractivity contribution in [2.75, 3.05) is 0 Å². The van der Waals surface area contributed by atoms with E-state index in [4.69, 9.17) is 11.6 Å². The highest BCUT2D eigenvalue weighted by molar-refractivity contribution is 6.16. The summed E-state index contributed by atoms with van der Waals surface area (Å²) < 4.78 is 2.14. The summed E-state index contributed by atoms with van der Waals surface area (Å²) in [4.78, 5) is 0. The summed E-state index contributed by atoms with van der Waals surface area (Å²) in [5.74, 6) is 1.98. The molecular weight excluding hydrogens is 198 g/mol. The lowest BCUT2D eigenvalue weighted by molar-refractivity contribution is 0.556. The van der Waals surface area contributed by atoms with Crippen molar-refractivity contribution in [2.45, 2.75) is 44.0 Å². The molecule has 0 bridgehead atoms. The Labute approximate surface area is 88.4 Å². The molecule has 0 aliphatic heterocycles. The standard InChI is InChI=1S/C10H14ClN3/c1-6-4-9(6)14-10(7-2-3-7)8(5-11)12-13-14/h6-7,9H,2-5H2,1H3. The van der Waals surface area contributed by atoms with Crippen molar-refractivity contribution in [3.05, 3.63) is 11.4 Å². The number of alkyl halides is 1. The first-order valence-electron chi connectivity index (χ1n) is 5.31. The first-order chi connectivity index (χ1) is 6.81. The highest BCUT2D eigenvalue weighted by Gasteiger charge is 2.40. The number of rotatable bonds is 3. The molecule has 0 radical (unpaired) electrons. The topological polar surface area (TPSA) is 30.7 Å². The molecule has 0 saturated heterocycles. The molecule has 0 amide bonds. The van der Waals surface area contributed by atoms with Crippen LogP contribution in [-0.4, -0.2) is 15.0 Å². The van der Waals surface area contributed by atoms with Crippen LogP contribution < -0.4 is 0 Å². The van der Waals surface area contributed by atoms with Gasteiger partial charge in [0, 0.05) is 5.92 Å². The SMILES string of the molecule is CC1CC1n1nnc(CCl)c1C1CC1. The lowest BCUT2D eigenvalue weighted by Gasteiger charge is -2.04. The molecule has 2 atom stereocenters. The van der Waals surface area contributed by atoms with E-state index in [1.807, 2.05) is 0 Å². The summed E-state index contributed by atoms with van der Waals surface area (Å²) in [5, 5.41) is 8.42. The second kappa shape index (κ2) is 2.96. The Kier molecular flexibility index (Phi) is 1.84. The van der Waals surface area contributed by atoms with Crippen LogP contribution in [0.3, 0.4) is 0 Å². The molecule has 2 fully saturated rings. The van der Waals surface area contributed by atoms with Gasteiger partial charge in [0.2, 0.25) is 0 Å².